The Balaban J connectivity index is 0.000000180. The zero-order valence-corrected chi connectivity index (χ0v) is 49.6. The fraction of sp³-hybridized carbons (Fsp3) is 0.212. The number of halogens is 4. The van der Waals surface area contributed by atoms with Crippen LogP contribution in [-0.4, -0.2) is 125 Å². The average Bonchev–Trinajstić information content (AvgIpc) is 0.804. The van der Waals surface area contributed by atoms with Crippen LogP contribution in [0.15, 0.2) is 150 Å². The first-order valence-corrected chi connectivity index (χ1v) is 29.1. The number of amides is 2. The van der Waals surface area contributed by atoms with Crippen molar-refractivity contribution in [2.75, 3.05) is 90.2 Å². The van der Waals surface area contributed by atoms with Crippen LogP contribution in [0.4, 0.5) is 28.9 Å². The van der Waals surface area contributed by atoms with Gasteiger partial charge in [0.1, 0.15) is 78.4 Å². The van der Waals surface area contributed by atoms with Gasteiger partial charge in [0.15, 0.2) is 46.1 Å². The number of carbonyl (C=O) groups excluding carboxylic acids is 2. The molecule has 0 spiro atoms. The van der Waals surface area contributed by atoms with Gasteiger partial charge in [-0.15, -0.1) is 0 Å². The Morgan fingerprint density at radius 3 is 1.62 bits per heavy atom. The highest BCUT2D eigenvalue weighted by Crippen LogP contribution is 2.49. The molecule has 2 amide bonds. The Morgan fingerprint density at radius 2 is 1.08 bits per heavy atom. The van der Waals surface area contributed by atoms with E-state index in [0.717, 1.165) is 51.4 Å². The zero-order valence-electron chi connectivity index (χ0n) is 49.6. The molecule has 23 nitrogen and oxygen atoms in total. The van der Waals surface area contributed by atoms with Crippen molar-refractivity contribution in [2.45, 2.75) is 13.3 Å². The first-order chi connectivity index (χ1) is 45.3. The molecule has 0 atom stereocenters. The van der Waals surface area contributed by atoms with Crippen LogP contribution in [0.25, 0.3) is 33.2 Å². The molecule has 27 heteroatoms. The normalized spacial score (nSPS) is 13.3. The van der Waals surface area contributed by atoms with Crippen molar-refractivity contribution in [2.24, 2.45) is 0 Å². The van der Waals surface area contributed by atoms with Crippen molar-refractivity contribution < 1.29 is 74.5 Å². The number of morpholine rings is 1. The van der Waals surface area contributed by atoms with Crippen LogP contribution in [0.2, 0.25) is 0 Å². The van der Waals surface area contributed by atoms with E-state index in [9.17, 15) is 28.0 Å². The third-order valence-corrected chi connectivity index (χ3v) is 14.7. The molecule has 6 aromatic carbocycles. The fourth-order valence-electron chi connectivity index (χ4n) is 10.3. The Kier molecular flexibility index (Phi) is 18.5. The maximum absolute atomic E-state index is 15.4. The van der Waals surface area contributed by atoms with Crippen molar-refractivity contribution in [3.05, 3.63) is 195 Å². The summed E-state index contributed by atoms with van der Waals surface area (Å²) in [6, 6.07) is 25.7. The maximum atomic E-state index is 15.4. The molecule has 1 saturated heterocycles. The number of rotatable bonds is 18. The zero-order chi connectivity index (χ0) is 64.5. The standard InChI is InChI=1S/C35H31F2N5O7.C31H24F2N4O7/c36-22-4-7-24(8-5-22)42-11-1-3-25(35(42)44)33(43)40-23-6-9-28(26(37)19-23)49-34-30-27(38-21-39-34)20-29(31-32(30)48-18-17-47-31)46-14-2-10-41-12-15-45-16-13-41;1-3-41-23-10-11-37(19-7-4-17(32)5-8-19)31(39)26(23)29(38)36-18-6-9-22(20(33)14-18)44-30-25-21(34-16-35-30)15-24(40-2)27-28(25)43-13-12-42-27/h1,3-9,11,19-21H,2,10,12-18H2,(H,40,43);4-11,14-16H,3,12-13H2,1-2H3,(H,36,38). The molecule has 0 saturated carbocycles. The van der Waals surface area contributed by atoms with E-state index in [1.165, 1.54) is 132 Å². The van der Waals surface area contributed by atoms with Crippen molar-refractivity contribution in [3.8, 4) is 74.9 Å². The van der Waals surface area contributed by atoms with E-state index < -0.39 is 46.2 Å². The van der Waals surface area contributed by atoms with Crippen LogP contribution < -0.4 is 64.4 Å². The van der Waals surface area contributed by atoms with Gasteiger partial charge in [-0.3, -0.25) is 33.2 Å². The summed E-state index contributed by atoms with van der Waals surface area (Å²) >= 11 is 0. The maximum Gasteiger partial charge on any atom is 0.271 e. The molecule has 476 valence electrons. The van der Waals surface area contributed by atoms with Crippen LogP contribution in [-0.2, 0) is 4.74 Å². The number of ether oxygens (including phenoxy) is 10. The topological polar surface area (TPSA) is 249 Å². The largest absolute Gasteiger partial charge is 0.493 e. The molecule has 10 aromatic rings. The van der Waals surface area contributed by atoms with E-state index in [1.54, 1.807) is 19.1 Å². The third-order valence-electron chi connectivity index (χ3n) is 14.7. The summed E-state index contributed by atoms with van der Waals surface area (Å²) in [5, 5.41) is 5.83. The Hall–Kier alpha value is -11.3. The highest BCUT2D eigenvalue weighted by atomic mass is 19.1. The summed E-state index contributed by atoms with van der Waals surface area (Å²) in [6.07, 6.45) is 6.24. The molecular weight excluding hydrogens is 1220 g/mol. The van der Waals surface area contributed by atoms with Crippen LogP contribution in [0.5, 0.6) is 63.5 Å². The van der Waals surface area contributed by atoms with Gasteiger partial charge in [0.25, 0.3) is 22.9 Å². The Morgan fingerprint density at radius 1 is 0.548 bits per heavy atom. The molecule has 0 unspecified atom stereocenters. The lowest BCUT2D eigenvalue weighted by molar-refractivity contribution is 0.0357. The molecule has 3 aliphatic heterocycles. The van der Waals surface area contributed by atoms with E-state index in [-0.39, 0.29) is 71.3 Å². The first-order valence-electron chi connectivity index (χ1n) is 29.1. The van der Waals surface area contributed by atoms with Crippen LogP contribution >= 0.6 is 0 Å². The second-order valence-electron chi connectivity index (χ2n) is 20.6. The fourth-order valence-corrected chi connectivity index (χ4v) is 10.3. The lowest BCUT2D eigenvalue weighted by atomic mass is 10.1. The molecule has 2 N–H and O–H groups in total. The van der Waals surface area contributed by atoms with Gasteiger partial charge >= 0.3 is 0 Å². The summed E-state index contributed by atoms with van der Waals surface area (Å²) in [4.78, 5) is 72.1. The van der Waals surface area contributed by atoms with E-state index in [1.807, 2.05) is 0 Å². The Labute approximate surface area is 525 Å². The SMILES string of the molecule is CCOc1ccn(-c2ccc(F)cc2)c(=O)c1C(=O)Nc1ccc(Oc2ncnc3cc(OC)c4c(c23)OCCO4)c(F)c1.O=C(Nc1ccc(Oc2ncnc3cc(OCCCN4CCOCC4)c4c(c23)OCCO4)c(F)c1)c1cccn(-c2ccc(F)cc2)c1=O. The Bertz CT molecular complexity index is 4570. The van der Waals surface area contributed by atoms with Crippen molar-refractivity contribution in [1.29, 1.82) is 0 Å². The lowest BCUT2D eigenvalue weighted by Gasteiger charge is -2.26. The molecule has 0 bridgehead atoms. The average molecular weight is 1270 g/mol. The number of fused-ring (bicyclic) bond motifs is 6. The van der Waals surface area contributed by atoms with Gasteiger partial charge in [-0.05, 0) is 104 Å². The number of methoxy groups -OCH3 is 1. The van der Waals surface area contributed by atoms with Gasteiger partial charge in [-0.25, -0.2) is 37.5 Å². The molecule has 1 fully saturated rings. The number of nitrogens with zero attached hydrogens (tertiary/aromatic N) is 7. The van der Waals surface area contributed by atoms with Gasteiger partial charge in [-0.1, -0.05) is 0 Å². The van der Waals surface area contributed by atoms with Crippen molar-refractivity contribution >= 4 is 45.0 Å². The number of nitrogens with one attached hydrogen (secondary N) is 2. The summed E-state index contributed by atoms with van der Waals surface area (Å²) in [5.74, 6) is -2.14. The van der Waals surface area contributed by atoms with E-state index in [2.05, 4.69) is 35.5 Å². The van der Waals surface area contributed by atoms with Crippen LogP contribution in [0, 0.1) is 23.3 Å². The van der Waals surface area contributed by atoms with E-state index >= 15 is 8.78 Å². The summed E-state index contributed by atoms with van der Waals surface area (Å²) < 4.78 is 118. The minimum Gasteiger partial charge on any atom is -0.493 e. The smallest absolute Gasteiger partial charge is 0.271 e. The molecule has 7 heterocycles. The number of anilines is 2. The predicted octanol–water partition coefficient (Wildman–Crippen LogP) is 10.3. The molecule has 0 aliphatic carbocycles. The number of pyridine rings is 2. The number of carbonyl (C=O) groups is 2. The monoisotopic (exact) mass is 1270 g/mol. The highest BCUT2D eigenvalue weighted by Gasteiger charge is 2.29. The summed E-state index contributed by atoms with van der Waals surface area (Å²) in [5.41, 5.74) is -0.0886. The third kappa shape index (κ3) is 13.6. The minimum atomic E-state index is -0.831. The van der Waals surface area contributed by atoms with Gasteiger partial charge in [0.05, 0.1) is 44.6 Å². The van der Waals surface area contributed by atoms with Gasteiger partial charge in [0.2, 0.25) is 23.3 Å². The molecular formula is C66H55F4N9O14. The van der Waals surface area contributed by atoms with Crippen LogP contribution in [0.1, 0.15) is 34.1 Å². The summed E-state index contributed by atoms with van der Waals surface area (Å²) in [6.45, 7) is 7.67. The second-order valence-corrected chi connectivity index (χ2v) is 20.6. The van der Waals surface area contributed by atoms with E-state index in [0.29, 0.717) is 87.5 Å². The highest BCUT2D eigenvalue weighted by molar-refractivity contribution is 6.06. The van der Waals surface area contributed by atoms with E-state index in [4.69, 9.17) is 47.4 Å². The molecule has 3 aliphatic rings. The number of benzene rings is 6. The van der Waals surface area contributed by atoms with Gasteiger partial charge in [-0.2, -0.15) is 0 Å². The lowest BCUT2D eigenvalue weighted by Crippen LogP contribution is -2.37. The number of hydrogen-bond acceptors (Lipinski definition) is 19. The molecule has 13 rings (SSSR count). The number of aromatic nitrogens is 6. The number of hydrogen-bond donors (Lipinski definition) is 2. The summed E-state index contributed by atoms with van der Waals surface area (Å²) in [7, 11) is 1.49. The quantitative estimate of drug-likeness (QED) is 0.0598. The molecule has 93 heavy (non-hydrogen) atoms. The predicted molar refractivity (Wildman–Crippen MR) is 329 cm³/mol. The van der Waals surface area contributed by atoms with Gasteiger partial charge < -0.3 is 58.0 Å². The van der Waals surface area contributed by atoms with Crippen LogP contribution in [0.3, 0.4) is 0 Å². The minimum absolute atomic E-state index is 0.0158. The molecule has 4 aromatic heterocycles. The van der Waals surface area contributed by atoms with Crippen molar-refractivity contribution in [3.63, 3.8) is 0 Å². The molecule has 0 radical (unpaired) electrons. The van der Waals surface area contributed by atoms with Crippen molar-refractivity contribution in [1.82, 2.24) is 34.0 Å². The second kappa shape index (κ2) is 27.8. The van der Waals surface area contributed by atoms with Gasteiger partial charge in [0, 0.05) is 79.0 Å². The first kappa shape index (κ1) is 61.9.